The molecule has 0 aromatic heterocycles. The summed E-state index contributed by atoms with van der Waals surface area (Å²) in [6.07, 6.45) is 4.03. The van der Waals surface area contributed by atoms with Crippen molar-refractivity contribution in [1.29, 1.82) is 0 Å². The molecule has 0 aliphatic rings. The lowest BCUT2D eigenvalue weighted by Crippen LogP contribution is -2.36. The Kier molecular flexibility index (Phi) is 5.14. The van der Waals surface area contributed by atoms with Crippen LogP contribution < -0.4 is 0 Å². The fraction of sp³-hybridized carbons (Fsp3) is 0.900. The molecule has 12 heavy (non-hydrogen) atoms. The fourth-order valence-corrected chi connectivity index (χ4v) is 1.36. The monoisotopic (exact) mass is 172 g/mol. The summed E-state index contributed by atoms with van der Waals surface area (Å²) in [5.41, 5.74) is -1.04. The van der Waals surface area contributed by atoms with E-state index in [2.05, 4.69) is 6.92 Å². The third-order valence-corrected chi connectivity index (χ3v) is 2.26. The van der Waals surface area contributed by atoms with Crippen LogP contribution >= 0.6 is 0 Å². The molecule has 0 aromatic carbocycles. The van der Waals surface area contributed by atoms with Gasteiger partial charge in [0.05, 0.1) is 0 Å². The Labute approximate surface area is 75.0 Å². The maximum atomic E-state index is 11.1. The van der Waals surface area contributed by atoms with Crippen molar-refractivity contribution in [1.82, 2.24) is 0 Å². The number of Topliss-reactive ketones (excluding diaryl/α,β-unsaturated/α-hetero) is 1. The molecule has 0 saturated heterocycles. The lowest BCUT2D eigenvalue weighted by molar-refractivity contribution is -0.136. The van der Waals surface area contributed by atoms with Crippen molar-refractivity contribution in [2.24, 2.45) is 0 Å². The Morgan fingerprint density at radius 2 is 1.83 bits per heavy atom. The van der Waals surface area contributed by atoms with Gasteiger partial charge in [0.2, 0.25) is 0 Å². The van der Waals surface area contributed by atoms with E-state index < -0.39 is 5.60 Å². The SMILES string of the molecule is CCCCC(O)(CCC)C(C)=O. The highest BCUT2D eigenvalue weighted by Crippen LogP contribution is 2.21. The average Bonchev–Trinajstić information content (AvgIpc) is 2.01. The van der Waals surface area contributed by atoms with Crippen LogP contribution in [0, 0.1) is 0 Å². The van der Waals surface area contributed by atoms with Gasteiger partial charge < -0.3 is 5.11 Å². The number of carbonyl (C=O) groups is 1. The van der Waals surface area contributed by atoms with Gasteiger partial charge in [-0.1, -0.05) is 33.1 Å². The van der Waals surface area contributed by atoms with E-state index in [1.807, 2.05) is 6.92 Å². The first-order valence-electron chi connectivity index (χ1n) is 4.80. The topological polar surface area (TPSA) is 37.3 Å². The molecule has 72 valence electrons. The molecule has 0 spiro atoms. The highest BCUT2D eigenvalue weighted by Gasteiger charge is 2.30. The number of hydrogen-bond donors (Lipinski definition) is 1. The molecule has 0 saturated carbocycles. The number of aliphatic hydroxyl groups is 1. The number of unbranched alkanes of at least 4 members (excludes halogenated alkanes) is 1. The molecule has 1 atom stereocenters. The fourth-order valence-electron chi connectivity index (χ4n) is 1.36. The molecular weight excluding hydrogens is 152 g/mol. The quantitative estimate of drug-likeness (QED) is 0.667. The molecule has 0 bridgehead atoms. The summed E-state index contributed by atoms with van der Waals surface area (Å²) in [7, 11) is 0. The third kappa shape index (κ3) is 3.35. The van der Waals surface area contributed by atoms with Crippen molar-refractivity contribution in [3.05, 3.63) is 0 Å². The van der Waals surface area contributed by atoms with E-state index in [1.165, 1.54) is 6.92 Å². The molecule has 0 amide bonds. The van der Waals surface area contributed by atoms with Crippen molar-refractivity contribution in [3.63, 3.8) is 0 Å². The van der Waals surface area contributed by atoms with Crippen molar-refractivity contribution in [2.75, 3.05) is 0 Å². The van der Waals surface area contributed by atoms with Gasteiger partial charge in [-0.25, -0.2) is 0 Å². The summed E-state index contributed by atoms with van der Waals surface area (Å²) in [5.74, 6) is -0.0854. The summed E-state index contributed by atoms with van der Waals surface area (Å²) >= 11 is 0. The van der Waals surface area contributed by atoms with Gasteiger partial charge in [0.15, 0.2) is 5.78 Å². The molecule has 0 rings (SSSR count). The first kappa shape index (κ1) is 11.6. The van der Waals surface area contributed by atoms with Gasteiger partial charge in [-0.2, -0.15) is 0 Å². The third-order valence-electron chi connectivity index (χ3n) is 2.26. The first-order valence-corrected chi connectivity index (χ1v) is 4.80. The van der Waals surface area contributed by atoms with Crippen LogP contribution in [0.5, 0.6) is 0 Å². The Morgan fingerprint density at radius 3 is 2.17 bits per heavy atom. The van der Waals surface area contributed by atoms with E-state index in [4.69, 9.17) is 0 Å². The van der Waals surface area contributed by atoms with Crippen molar-refractivity contribution < 1.29 is 9.90 Å². The predicted molar refractivity (Wildman–Crippen MR) is 50.1 cm³/mol. The average molecular weight is 172 g/mol. The highest BCUT2D eigenvalue weighted by molar-refractivity contribution is 5.84. The Morgan fingerprint density at radius 1 is 1.25 bits per heavy atom. The molecule has 0 aliphatic heterocycles. The van der Waals surface area contributed by atoms with Gasteiger partial charge in [0.1, 0.15) is 5.60 Å². The first-order chi connectivity index (χ1) is 5.56. The van der Waals surface area contributed by atoms with Gasteiger partial charge in [-0.05, 0) is 19.8 Å². The van der Waals surface area contributed by atoms with E-state index in [0.717, 1.165) is 19.3 Å². The van der Waals surface area contributed by atoms with Gasteiger partial charge in [0, 0.05) is 0 Å². The Balaban J connectivity index is 4.08. The minimum atomic E-state index is -1.04. The van der Waals surface area contributed by atoms with Crippen LogP contribution in [-0.2, 0) is 4.79 Å². The Hall–Kier alpha value is -0.370. The molecule has 1 N–H and O–H groups in total. The van der Waals surface area contributed by atoms with E-state index in [1.54, 1.807) is 0 Å². The maximum Gasteiger partial charge on any atom is 0.161 e. The zero-order valence-electron chi connectivity index (χ0n) is 8.39. The molecule has 2 heteroatoms. The number of carbonyl (C=O) groups excluding carboxylic acids is 1. The van der Waals surface area contributed by atoms with E-state index in [-0.39, 0.29) is 5.78 Å². The maximum absolute atomic E-state index is 11.1. The van der Waals surface area contributed by atoms with Crippen LogP contribution in [0.3, 0.4) is 0 Å². The summed E-state index contributed by atoms with van der Waals surface area (Å²) in [6.45, 7) is 5.53. The molecule has 0 radical (unpaired) electrons. The van der Waals surface area contributed by atoms with Gasteiger partial charge in [0.25, 0.3) is 0 Å². The normalized spacial score (nSPS) is 15.7. The highest BCUT2D eigenvalue weighted by atomic mass is 16.3. The van der Waals surface area contributed by atoms with Crippen LogP contribution in [0.1, 0.15) is 52.9 Å². The summed E-state index contributed by atoms with van der Waals surface area (Å²) in [6, 6.07) is 0. The van der Waals surface area contributed by atoms with Gasteiger partial charge in [-0.3, -0.25) is 4.79 Å². The van der Waals surface area contributed by atoms with Crippen molar-refractivity contribution in [3.8, 4) is 0 Å². The minimum Gasteiger partial charge on any atom is -0.382 e. The Bertz CT molecular complexity index is 143. The summed E-state index contributed by atoms with van der Waals surface area (Å²) in [4.78, 5) is 11.1. The van der Waals surface area contributed by atoms with Crippen LogP contribution in [0.15, 0.2) is 0 Å². The summed E-state index contributed by atoms with van der Waals surface area (Å²) in [5, 5.41) is 9.87. The minimum absolute atomic E-state index is 0.0854. The second-order valence-corrected chi connectivity index (χ2v) is 3.44. The van der Waals surface area contributed by atoms with Crippen LogP contribution in [0.4, 0.5) is 0 Å². The van der Waals surface area contributed by atoms with Crippen LogP contribution in [-0.4, -0.2) is 16.5 Å². The summed E-state index contributed by atoms with van der Waals surface area (Å²) < 4.78 is 0. The molecule has 0 fully saturated rings. The van der Waals surface area contributed by atoms with E-state index in [0.29, 0.717) is 12.8 Å². The largest absolute Gasteiger partial charge is 0.382 e. The van der Waals surface area contributed by atoms with Crippen molar-refractivity contribution in [2.45, 2.75) is 58.5 Å². The molecule has 0 heterocycles. The van der Waals surface area contributed by atoms with Gasteiger partial charge >= 0.3 is 0 Å². The standard InChI is InChI=1S/C10H20O2/c1-4-6-8-10(12,7-5-2)9(3)11/h12H,4-8H2,1-3H3. The zero-order valence-corrected chi connectivity index (χ0v) is 8.39. The van der Waals surface area contributed by atoms with Crippen molar-refractivity contribution >= 4 is 5.78 Å². The number of rotatable bonds is 6. The van der Waals surface area contributed by atoms with Gasteiger partial charge in [-0.15, -0.1) is 0 Å². The predicted octanol–water partition coefficient (Wildman–Crippen LogP) is 2.30. The second kappa shape index (κ2) is 5.31. The molecule has 1 unspecified atom stereocenters. The molecule has 0 aliphatic carbocycles. The smallest absolute Gasteiger partial charge is 0.161 e. The molecule has 2 nitrogen and oxygen atoms in total. The lowest BCUT2D eigenvalue weighted by atomic mass is 9.88. The lowest BCUT2D eigenvalue weighted by Gasteiger charge is -2.24. The van der Waals surface area contributed by atoms with Crippen LogP contribution in [0.25, 0.3) is 0 Å². The van der Waals surface area contributed by atoms with E-state index >= 15 is 0 Å². The van der Waals surface area contributed by atoms with E-state index in [9.17, 15) is 9.90 Å². The number of hydrogen-bond acceptors (Lipinski definition) is 2. The van der Waals surface area contributed by atoms with Crippen LogP contribution in [0.2, 0.25) is 0 Å². The molecular formula is C10H20O2. The zero-order chi connectivity index (χ0) is 9.61. The second-order valence-electron chi connectivity index (χ2n) is 3.44. The molecule has 0 aromatic rings. The number of ketones is 1.